The van der Waals surface area contributed by atoms with Crippen LogP contribution in [-0.4, -0.2) is 26.9 Å². The molecule has 5 heteroatoms. The highest BCUT2D eigenvalue weighted by Gasteiger charge is 2.11. The molecule has 1 aromatic carbocycles. The predicted octanol–water partition coefficient (Wildman–Crippen LogP) is 1.71. The summed E-state index contributed by atoms with van der Waals surface area (Å²) >= 11 is 0. The van der Waals surface area contributed by atoms with E-state index < -0.39 is 0 Å². The lowest BCUT2D eigenvalue weighted by Gasteiger charge is -2.04. The average molecular weight is 244 g/mol. The van der Waals surface area contributed by atoms with Crippen molar-refractivity contribution in [3.8, 4) is 5.69 Å². The van der Waals surface area contributed by atoms with Gasteiger partial charge in [-0.2, -0.15) is 0 Å². The fourth-order valence-electron chi connectivity index (χ4n) is 1.53. The SMILES string of the molecule is Cc1ccc(-n2cc(C(=O)NC(C)C)nn2)cc1. The molecule has 0 unspecified atom stereocenters. The number of hydrogen-bond acceptors (Lipinski definition) is 3. The van der Waals surface area contributed by atoms with Crippen molar-refractivity contribution < 1.29 is 4.79 Å². The van der Waals surface area contributed by atoms with Crippen LogP contribution in [0, 0.1) is 6.92 Å². The second kappa shape index (κ2) is 5.00. The van der Waals surface area contributed by atoms with E-state index in [0.717, 1.165) is 5.69 Å². The van der Waals surface area contributed by atoms with Crippen molar-refractivity contribution >= 4 is 5.91 Å². The monoisotopic (exact) mass is 244 g/mol. The van der Waals surface area contributed by atoms with Crippen LogP contribution in [0.3, 0.4) is 0 Å². The van der Waals surface area contributed by atoms with Crippen LogP contribution >= 0.6 is 0 Å². The number of aromatic nitrogens is 3. The van der Waals surface area contributed by atoms with Gasteiger partial charge in [0.1, 0.15) is 0 Å². The second-order valence-electron chi connectivity index (χ2n) is 4.51. The highest BCUT2D eigenvalue weighted by atomic mass is 16.2. The summed E-state index contributed by atoms with van der Waals surface area (Å²) in [6, 6.07) is 7.94. The van der Waals surface area contributed by atoms with Crippen LogP contribution in [0.2, 0.25) is 0 Å². The zero-order valence-electron chi connectivity index (χ0n) is 10.7. The van der Waals surface area contributed by atoms with Gasteiger partial charge in [0.25, 0.3) is 5.91 Å². The molecule has 1 amide bonds. The minimum atomic E-state index is -0.205. The largest absolute Gasteiger partial charge is 0.348 e. The van der Waals surface area contributed by atoms with Gasteiger partial charge in [0.15, 0.2) is 5.69 Å². The number of aryl methyl sites for hydroxylation is 1. The van der Waals surface area contributed by atoms with Gasteiger partial charge in [0.2, 0.25) is 0 Å². The number of hydrogen-bond donors (Lipinski definition) is 1. The Labute approximate surface area is 106 Å². The summed E-state index contributed by atoms with van der Waals surface area (Å²) in [5.74, 6) is -0.205. The molecular weight excluding hydrogens is 228 g/mol. The molecule has 1 aromatic heterocycles. The quantitative estimate of drug-likeness (QED) is 0.894. The fourth-order valence-corrected chi connectivity index (χ4v) is 1.53. The third-order valence-corrected chi connectivity index (χ3v) is 2.44. The van der Waals surface area contributed by atoms with Crippen LogP contribution in [0.5, 0.6) is 0 Å². The minimum Gasteiger partial charge on any atom is -0.348 e. The van der Waals surface area contributed by atoms with Crippen LogP contribution in [0.25, 0.3) is 5.69 Å². The number of carbonyl (C=O) groups excluding carboxylic acids is 1. The molecule has 0 bridgehead atoms. The molecule has 0 aliphatic carbocycles. The molecule has 1 N–H and O–H groups in total. The zero-order chi connectivity index (χ0) is 13.1. The third kappa shape index (κ3) is 2.74. The summed E-state index contributed by atoms with van der Waals surface area (Å²) in [5, 5.41) is 10.6. The molecule has 0 aliphatic heterocycles. The van der Waals surface area contributed by atoms with Crippen molar-refractivity contribution in [2.24, 2.45) is 0 Å². The molecule has 2 aromatic rings. The van der Waals surface area contributed by atoms with Gasteiger partial charge in [-0.25, -0.2) is 4.68 Å². The lowest BCUT2D eigenvalue weighted by Crippen LogP contribution is -2.30. The van der Waals surface area contributed by atoms with E-state index in [0.29, 0.717) is 5.69 Å². The Kier molecular flexibility index (Phi) is 3.41. The summed E-state index contributed by atoms with van der Waals surface area (Å²) in [7, 11) is 0. The zero-order valence-corrected chi connectivity index (χ0v) is 10.7. The molecule has 0 atom stereocenters. The smallest absolute Gasteiger partial charge is 0.273 e. The molecule has 0 aliphatic rings. The molecule has 18 heavy (non-hydrogen) atoms. The van der Waals surface area contributed by atoms with Crippen molar-refractivity contribution in [2.75, 3.05) is 0 Å². The van der Waals surface area contributed by atoms with Crippen molar-refractivity contribution in [3.05, 3.63) is 41.7 Å². The molecule has 5 nitrogen and oxygen atoms in total. The first kappa shape index (κ1) is 12.3. The number of nitrogens with zero attached hydrogens (tertiary/aromatic N) is 3. The van der Waals surface area contributed by atoms with Gasteiger partial charge in [0, 0.05) is 6.04 Å². The Morgan fingerprint density at radius 1 is 1.28 bits per heavy atom. The Morgan fingerprint density at radius 3 is 2.56 bits per heavy atom. The molecule has 0 radical (unpaired) electrons. The molecule has 94 valence electrons. The Bertz CT molecular complexity index is 542. The maximum Gasteiger partial charge on any atom is 0.273 e. The molecule has 0 fully saturated rings. The van der Waals surface area contributed by atoms with E-state index in [1.165, 1.54) is 5.56 Å². The first-order valence-corrected chi connectivity index (χ1v) is 5.86. The van der Waals surface area contributed by atoms with E-state index in [2.05, 4.69) is 15.6 Å². The number of nitrogens with one attached hydrogen (secondary N) is 1. The van der Waals surface area contributed by atoms with Crippen LogP contribution in [-0.2, 0) is 0 Å². The van der Waals surface area contributed by atoms with E-state index in [1.54, 1.807) is 10.9 Å². The topological polar surface area (TPSA) is 59.8 Å². The van der Waals surface area contributed by atoms with Crippen molar-refractivity contribution in [2.45, 2.75) is 26.8 Å². The van der Waals surface area contributed by atoms with E-state index in [1.807, 2.05) is 45.0 Å². The third-order valence-electron chi connectivity index (χ3n) is 2.44. The van der Waals surface area contributed by atoms with Gasteiger partial charge in [-0.1, -0.05) is 22.9 Å². The highest BCUT2D eigenvalue weighted by Crippen LogP contribution is 2.08. The van der Waals surface area contributed by atoms with Gasteiger partial charge in [-0.3, -0.25) is 4.79 Å². The Morgan fingerprint density at radius 2 is 1.94 bits per heavy atom. The number of benzene rings is 1. The van der Waals surface area contributed by atoms with Crippen molar-refractivity contribution in [1.82, 2.24) is 20.3 Å². The van der Waals surface area contributed by atoms with Gasteiger partial charge >= 0.3 is 0 Å². The maximum absolute atomic E-state index is 11.7. The summed E-state index contributed by atoms with van der Waals surface area (Å²) in [5.41, 5.74) is 2.39. The number of rotatable bonds is 3. The molecule has 0 saturated heterocycles. The van der Waals surface area contributed by atoms with Crippen LogP contribution in [0.15, 0.2) is 30.5 Å². The fraction of sp³-hybridized carbons (Fsp3) is 0.308. The number of amides is 1. The van der Waals surface area contributed by atoms with E-state index in [9.17, 15) is 4.79 Å². The summed E-state index contributed by atoms with van der Waals surface area (Å²) in [6.45, 7) is 5.83. The van der Waals surface area contributed by atoms with Gasteiger partial charge < -0.3 is 5.32 Å². The molecule has 0 saturated carbocycles. The second-order valence-corrected chi connectivity index (χ2v) is 4.51. The lowest BCUT2D eigenvalue weighted by molar-refractivity contribution is 0.0938. The molecular formula is C13H16N4O. The first-order chi connectivity index (χ1) is 8.56. The lowest BCUT2D eigenvalue weighted by atomic mass is 10.2. The van der Waals surface area contributed by atoms with Gasteiger partial charge in [0.05, 0.1) is 11.9 Å². The Hall–Kier alpha value is -2.17. The summed E-state index contributed by atoms with van der Waals surface area (Å²) in [6.07, 6.45) is 1.63. The van der Waals surface area contributed by atoms with E-state index in [-0.39, 0.29) is 11.9 Å². The van der Waals surface area contributed by atoms with Crippen molar-refractivity contribution in [1.29, 1.82) is 0 Å². The van der Waals surface area contributed by atoms with Crippen LogP contribution < -0.4 is 5.32 Å². The molecule has 2 rings (SSSR count). The van der Waals surface area contributed by atoms with Gasteiger partial charge in [-0.15, -0.1) is 5.10 Å². The van der Waals surface area contributed by atoms with Gasteiger partial charge in [-0.05, 0) is 32.9 Å². The number of carbonyl (C=O) groups is 1. The maximum atomic E-state index is 11.7. The highest BCUT2D eigenvalue weighted by molar-refractivity contribution is 5.92. The molecule has 1 heterocycles. The van der Waals surface area contributed by atoms with E-state index in [4.69, 9.17) is 0 Å². The average Bonchev–Trinajstić information content (AvgIpc) is 2.78. The van der Waals surface area contributed by atoms with E-state index >= 15 is 0 Å². The summed E-state index contributed by atoms with van der Waals surface area (Å²) < 4.78 is 1.59. The summed E-state index contributed by atoms with van der Waals surface area (Å²) in [4.78, 5) is 11.7. The first-order valence-electron chi connectivity index (χ1n) is 5.86. The Balaban J connectivity index is 2.20. The van der Waals surface area contributed by atoms with Crippen molar-refractivity contribution in [3.63, 3.8) is 0 Å². The molecule has 0 spiro atoms. The standard InChI is InChI=1S/C13H16N4O/c1-9(2)14-13(18)12-8-17(16-15-12)11-6-4-10(3)5-7-11/h4-9H,1-3H3,(H,14,18). The minimum absolute atomic E-state index is 0.0852. The predicted molar refractivity (Wildman–Crippen MR) is 68.7 cm³/mol. The van der Waals surface area contributed by atoms with Crippen LogP contribution in [0.1, 0.15) is 29.9 Å². The van der Waals surface area contributed by atoms with Crippen LogP contribution in [0.4, 0.5) is 0 Å². The normalized spacial score (nSPS) is 10.7.